The predicted octanol–water partition coefficient (Wildman–Crippen LogP) is 8.95. The smallest absolute Gasteiger partial charge is 0.550 e. The summed E-state index contributed by atoms with van der Waals surface area (Å²) in [7, 11) is 0. The maximum absolute atomic E-state index is 11.1. The van der Waals surface area contributed by atoms with Gasteiger partial charge in [0, 0.05) is 11.9 Å². The summed E-state index contributed by atoms with van der Waals surface area (Å²) in [5.74, 6) is -3.50. The van der Waals surface area contributed by atoms with Crippen molar-refractivity contribution < 1.29 is 38.9 Å². The number of carbonyl (C=O) groups is 4. The summed E-state index contributed by atoms with van der Waals surface area (Å²) >= 11 is 0. The Morgan fingerprint density at radius 1 is 0.408 bits per heavy atom. The van der Waals surface area contributed by atoms with Gasteiger partial charge in [0.25, 0.3) is 0 Å². The van der Waals surface area contributed by atoms with Gasteiger partial charge in [-0.3, -0.25) is 9.59 Å². The molecule has 280 valence electrons. The Balaban J connectivity index is -0.000000846. The monoisotopic (exact) mass is 718 g/mol. The fraction of sp³-hybridized carbons (Fsp3) is 0.800. The molecule has 0 aromatic rings. The molecular formula is C40H70CaO8. The fourth-order valence-electron chi connectivity index (χ4n) is 5.12. The minimum atomic E-state index is -1.23. The molecule has 0 aliphatic rings. The maximum atomic E-state index is 11.1. The molecule has 0 bridgehead atoms. The van der Waals surface area contributed by atoms with Crippen molar-refractivity contribution in [2.75, 3.05) is 0 Å². The Morgan fingerprint density at radius 3 is 0.898 bits per heavy atom. The summed E-state index contributed by atoms with van der Waals surface area (Å²) < 4.78 is 9.58. The number of esters is 2. The summed E-state index contributed by atoms with van der Waals surface area (Å²) in [5.41, 5.74) is 0. The molecule has 0 amide bonds. The summed E-state index contributed by atoms with van der Waals surface area (Å²) in [4.78, 5) is 42.6. The van der Waals surface area contributed by atoms with E-state index in [0.717, 1.165) is 25.7 Å². The van der Waals surface area contributed by atoms with E-state index in [1.165, 1.54) is 154 Å². The summed E-state index contributed by atoms with van der Waals surface area (Å²) in [6, 6.07) is 0. The Bertz CT molecular complexity index is 746. The van der Waals surface area contributed by atoms with Gasteiger partial charge < -0.3 is 29.3 Å². The first kappa shape index (κ1) is 52.0. The number of unbranched alkanes of at least 4 members (excludes halogenated alkanes) is 24. The SMILES string of the molecule is CCCCCCCCCCCCCCC=COC(=O)CCC(=O)[O-].CCCCCCCCCCCCCCC=COC(=O)CCC(=O)[O-].[Ca+2]. The molecule has 8 nitrogen and oxygen atoms in total. The molecule has 0 spiro atoms. The van der Waals surface area contributed by atoms with Crippen LogP contribution in [0.5, 0.6) is 0 Å². The van der Waals surface area contributed by atoms with Crippen molar-refractivity contribution in [3.05, 3.63) is 24.7 Å². The standard InChI is InChI=1S/2C20H36O4.Ca/c2*1-2-3-4-5-6-7-8-9-10-11-12-13-14-15-18-24-20(23)17-16-19(21)22;/h2*15,18H,2-14,16-17H2,1H3,(H,21,22);/q;;+2/p-2. The number of hydrogen-bond acceptors (Lipinski definition) is 8. The van der Waals surface area contributed by atoms with Crippen LogP contribution >= 0.6 is 0 Å². The second-order valence-electron chi connectivity index (χ2n) is 12.8. The van der Waals surface area contributed by atoms with Gasteiger partial charge >= 0.3 is 49.7 Å². The van der Waals surface area contributed by atoms with Gasteiger partial charge in [-0.15, -0.1) is 0 Å². The van der Waals surface area contributed by atoms with Crippen molar-refractivity contribution in [3.63, 3.8) is 0 Å². The van der Waals surface area contributed by atoms with Crippen LogP contribution in [-0.4, -0.2) is 61.6 Å². The van der Waals surface area contributed by atoms with Gasteiger partial charge in [0.15, 0.2) is 0 Å². The number of carboxylic acids is 2. The Labute approximate surface area is 329 Å². The van der Waals surface area contributed by atoms with Crippen LogP contribution in [0.3, 0.4) is 0 Å². The zero-order valence-electron chi connectivity index (χ0n) is 31.5. The zero-order valence-corrected chi connectivity index (χ0v) is 33.7. The molecule has 0 radical (unpaired) electrons. The number of carboxylic acid groups (broad SMARTS) is 2. The largest absolute Gasteiger partial charge is 2.00 e. The molecule has 0 saturated carbocycles. The minimum absolute atomic E-state index is 0. The first-order valence-electron chi connectivity index (χ1n) is 19.4. The van der Waals surface area contributed by atoms with Crippen LogP contribution in [0.25, 0.3) is 0 Å². The van der Waals surface area contributed by atoms with E-state index in [-0.39, 0.29) is 63.4 Å². The first-order valence-corrected chi connectivity index (χ1v) is 19.4. The van der Waals surface area contributed by atoms with E-state index < -0.39 is 23.9 Å². The molecule has 0 fully saturated rings. The molecule has 0 N–H and O–H groups in total. The Morgan fingerprint density at radius 2 is 0.653 bits per heavy atom. The second-order valence-corrected chi connectivity index (χ2v) is 12.8. The van der Waals surface area contributed by atoms with Crippen molar-refractivity contribution in [3.8, 4) is 0 Å². The molecule has 0 aromatic carbocycles. The van der Waals surface area contributed by atoms with E-state index in [4.69, 9.17) is 9.47 Å². The third-order valence-corrected chi connectivity index (χ3v) is 8.11. The number of rotatable bonds is 34. The summed E-state index contributed by atoms with van der Waals surface area (Å²) in [5, 5.41) is 20.4. The number of carbonyl (C=O) groups excluding carboxylic acids is 4. The normalized spacial score (nSPS) is 10.8. The van der Waals surface area contributed by atoms with E-state index in [9.17, 15) is 29.4 Å². The molecular weight excluding hydrogens is 649 g/mol. The predicted molar refractivity (Wildman–Crippen MR) is 196 cm³/mol. The first-order chi connectivity index (χ1) is 23.3. The van der Waals surface area contributed by atoms with Crippen molar-refractivity contribution in [2.45, 2.75) is 206 Å². The minimum Gasteiger partial charge on any atom is -0.550 e. The molecule has 0 aliphatic heterocycles. The van der Waals surface area contributed by atoms with Gasteiger partial charge in [0.1, 0.15) is 0 Å². The van der Waals surface area contributed by atoms with Crippen molar-refractivity contribution >= 4 is 61.6 Å². The van der Waals surface area contributed by atoms with Gasteiger partial charge in [-0.1, -0.05) is 155 Å². The van der Waals surface area contributed by atoms with E-state index in [1.807, 2.05) is 12.2 Å². The molecule has 0 rings (SSSR count). The third-order valence-electron chi connectivity index (χ3n) is 8.11. The molecule has 0 unspecified atom stereocenters. The Hall–Kier alpha value is -1.38. The van der Waals surface area contributed by atoms with E-state index >= 15 is 0 Å². The molecule has 0 saturated heterocycles. The van der Waals surface area contributed by atoms with E-state index in [2.05, 4.69) is 13.8 Å². The average molecular weight is 719 g/mol. The van der Waals surface area contributed by atoms with Crippen molar-refractivity contribution in [1.29, 1.82) is 0 Å². The van der Waals surface area contributed by atoms with Crippen LogP contribution in [0.15, 0.2) is 24.7 Å². The topological polar surface area (TPSA) is 133 Å². The number of aliphatic carboxylic acids is 2. The van der Waals surface area contributed by atoms with Crippen LogP contribution in [0, 0.1) is 0 Å². The van der Waals surface area contributed by atoms with E-state index in [0.29, 0.717) is 0 Å². The number of ether oxygens (including phenoxy) is 2. The zero-order chi connectivity index (χ0) is 35.8. The quantitative estimate of drug-likeness (QED) is 0.0279. The van der Waals surface area contributed by atoms with E-state index in [1.54, 1.807) is 0 Å². The third kappa shape index (κ3) is 51.1. The Kier molecular flexibility index (Phi) is 47.4. The average Bonchev–Trinajstić information content (AvgIpc) is 3.06. The van der Waals surface area contributed by atoms with Crippen LogP contribution in [0.4, 0.5) is 0 Å². The number of hydrogen-bond donors (Lipinski definition) is 0. The summed E-state index contributed by atoms with van der Waals surface area (Å²) in [6.45, 7) is 4.51. The summed E-state index contributed by atoms with van der Waals surface area (Å²) in [6.07, 6.45) is 39.1. The van der Waals surface area contributed by atoms with Crippen LogP contribution in [0.2, 0.25) is 0 Å². The number of allylic oxidation sites excluding steroid dienone is 2. The molecule has 9 heteroatoms. The second kappa shape index (κ2) is 44.6. The van der Waals surface area contributed by atoms with Gasteiger partial charge in [-0.2, -0.15) is 0 Å². The van der Waals surface area contributed by atoms with Crippen molar-refractivity contribution in [1.82, 2.24) is 0 Å². The van der Waals surface area contributed by atoms with Gasteiger partial charge in [0.05, 0.1) is 25.4 Å². The molecule has 0 heterocycles. The maximum Gasteiger partial charge on any atom is 2.00 e. The molecule has 0 aliphatic carbocycles. The molecule has 0 aromatic heterocycles. The van der Waals surface area contributed by atoms with Crippen LogP contribution < -0.4 is 10.2 Å². The molecule has 49 heavy (non-hydrogen) atoms. The molecule has 0 atom stereocenters. The fourth-order valence-corrected chi connectivity index (χ4v) is 5.12. The van der Waals surface area contributed by atoms with Gasteiger partial charge in [-0.25, -0.2) is 0 Å². The van der Waals surface area contributed by atoms with Gasteiger partial charge in [-0.05, 0) is 50.7 Å². The van der Waals surface area contributed by atoms with Crippen LogP contribution in [0.1, 0.15) is 206 Å². The van der Waals surface area contributed by atoms with Gasteiger partial charge in [0.2, 0.25) is 0 Å². The van der Waals surface area contributed by atoms with Crippen molar-refractivity contribution in [2.24, 2.45) is 0 Å². The van der Waals surface area contributed by atoms with Crippen LogP contribution in [-0.2, 0) is 28.7 Å².